The number of urea groups is 1. The highest BCUT2D eigenvalue weighted by atomic mass is 16.5. The van der Waals surface area contributed by atoms with Gasteiger partial charge in [-0.3, -0.25) is 0 Å². The maximum Gasteiger partial charge on any atom is 0.319 e. The first-order valence-corrected chi connectivity index (χ1v) is 9.51. The van der Waals surface area contributed by atoms with Crippen LogP contribution in [0.3, 0.4) is 0 Å². The molecule has 1 fully saturated rings. The summed E-state index contributed by atoms with van der Waals surface area (Å²) in [4.78, 5) is 12.5. The summed E-state index contributed by atoms with van der Waals surface area (Å²) >= 11 is 0. The van der Waals surface area contributed by atoms with Gasteiger partial charge in [0.1, 0.15) is 17.2 Å². The Morgan fingerprint density at radius 3 is 2.18 bits per heavy atom. The molecule has 0 spiro atoms. The quantitative estimate of drug-likeness (QED) is 0.745. The number of carbonyl (C=O) groups excluding carboxylic acids is 1. The number of nitrogens with one attached hydrogen (secondary N) is 2. The molecule has 0 unspecified atom stereocenters. The van der Waals surface area contributed by atoms with Gasteiger partial charge in [-0.15, -0.1) is 0 Å². The van der Waals surface area contributed by atoms with Crippen molar-refractivity contribution in [1.29, 1.82) is 0 Å². The maximum absolute atomic E-state index is 12.5. The summed E-state index contributed by atoms with van der Waals surface area (Å²) in [5.41, 5.74) is 1.81. The van der Waals surface area contributed by atoms with E-state index in [-0.39, 0.29) is 11.4 Å². The number of benzene rings is 2. The van der Waals surface area contributed by atoms with E-state index in [1.165, 1.54) is 18.4 Å². The summed E-state index contributed by atoms with van der Waals surface area (Å²) in [6, 6.07) is 13.2. The van der Waals surface area contributed by atoms with Gasteiger partial charge in [-0.1, -0.05) is 25.0 Å². The van der Waals surface area contributed by atoms with E-state index in [4.69, 9.17) is 14.2 Å². The maximum atomic E-state index is 12.5. The smallest absolute Gasteiger partial charge is 0.319 e. The van der Waals surface area contributed by atoms with Gasteiger partial charge in [0.05, 0.1) is 27.0 Å². The molecule has 1 aliphatic rings. The van der Waals surface area contributed by atoms with Gasteiger partial charge in [0, 0.05) is 18.0 Å². The highest BCUT2D eigenvalue weighted by Crippen LogP contribution is 2.41. The Balaban J connectivity index is 1.68. The summed E-state index contributed by atoms with van der Waals surface area (Å²) in [5, 5.41) is 5.93. The van der Waals surface area contributed by atoms with Gasteiger partial charge in [0.2, 0.25) is 0 Å². The van der Waals surface area contributed by atoms with Crippen molar-refractivity contribution in [2.45, 2.75) is 31.1 Å². The third kappa shape index (κ3) is 4.32. The van der Waals surface area contributed by atoms with Crippen LogP contribution >= 0.6 is 0 Å². The number of ether oxygens (including phenoxy) is 3. The summed E-state index contributed by atoms with van der Waals surface area (Å²) in [6.07, 6.45) is 4.46. The lowest BCUT2D eigenvalue weighted by Gasteiger charge is -2.30. The van der Waals surface area contributed by atoms with Gasteiger partial charge in [-0.25, -0.2) is 4.79 Å². The molecule has 2 aromatic rings. The predicted molar refractivity (Wildman–Crippen MR) is 110 cm³/mol. The molecule has 1 saturated carbocycles. The van der Waals surface area contributed by atoms with E-state index in [9.17, 15) is 4.79 Å². The van der Waals surface area contributed by atoms with Crippen molar-refractivity contribution < 1.29 is 19.0 Å². The molecule has 150 valence electrons. The van der Waals surface area contributed by atoms with Crippen molar-refractivity contribution in [1.82, 2.24) is 5.32 Å². The molecule has 0 atom stereocenters. The molecule has 1 aliphatic carbocycles. The van der Waals surface area contributed by atoms with Crippen molar-refractivity contribution in [3.8, 4) is 17.2 Å². The molecule has 28 heavy (non-hydrogen) atoms. The SMILES string of the molecule is COc1ccc(C2(CNC(=O)Nc3ccc(OC)cc3OC)CCCC2)cc1. The minimum absolute atomic E-state index is 0.0341. The molecule has 0 radical (unpaired) electrons. The monoisotopic (exact) mass is 384 g/mol. The van der Waals surface area contributed by atoms with Crippen LogP contribution in [0.1, 0.15) is 31.2 Å². The number of hydrogen-bond donors (Lipinski definition) is 2. The molecular weight excluding hydrogens is 356 g/mol. The number of amides is 2. The van der Waals surface area contributed by atoms with E-state index in [1.54, 1.807) is 39.5 Å². The number of rotatable bonds is 7. The van der Waals surface area contributed by atoms with Crippen LogP contribution in [0.15, 0.2) is 42.5 Å². The van der Waals surface area contributed by atoms with Crippen LogP contribution < -0.4 is 24.8 Å². The molecule has 0 heterocycles. The second-order valence-corrected chi connectivity index (χ2v) is 7.09. The van der Waals surface area contributed by atoms with Crippen LogP contribution in [0.5, 0.6) is 17.2 Å². The Labute approximate surface area is 166 Å². The zero-order valence-electron chi connectivity index (χ0n) is 16.7. The van der Waals surface area contributed by atoms with Gasteiger partial charge >= 0.3 is 6.03 Å². The Morgan fingerprint density at radius 2 is 1.57 bits per heavy atom. The van der Waals surface area contributed by atoms with E-state index in [1.807, 2.05) is 12.1 Å². The van der Waals surface area contributed by atoms with Gasteiger partial charge in [0.25, 0.3) is 0 Å². The summed E-state index contributed by atoms with van der Waals surface area (Å²) < 4.78 is 15.8. The van der Waals surface area contributed by atoms with Crippen molar-refractivity contribution in [3.05, 3.63) is 48.0 Å². The second-order valence-electron chi connectivity index (χ2n) is 7.09. The summed E-state index contributed by atoms with van der Waals surface area (Å²) in [6.45, 7) is 0.587. The highest BCUT2D eigenvalue weighted by molar-refractivity contribution is 5.91. The van der Waals surface area contributed by atoms with E-state index in [2.05, 4.69) is 22.8 Å². The lowest BCUT2D eigenvalue weighted by Crippen LogP contribution is -2.40. The zero-order chi connectivity index (χ0) is 20.0. The first-order chi connectivity index (χ1) is 13.6. The largest absolute Gasteiger partial charge is 0.497 e. The number of methoxy groups -OCH3 is 3. The van der Waals surface area contributed by atoms with Crippen LogP contribution in [0.2, 0.25) is 0 Å². The molecule has 0 saturated heterocycles. The van der Waals surface area contributed by atoms with Gasteiger partial charge in [-0.05, 0) is 42.7 Å². The number of carbonyl (C=O) groups is 1. The lowest BCUT2D eigenvalue weighted by atomic mass is 9.79. The highest BCUT2D eigenvalue weighted by Gasteiger charge is 2.36. The molecule has 2 aromatic carbocycles. The average molecular weight is 384 g/mol. The third-order valence-corrected chi connectivity index (χ3v) is 5.51. The van der Waals surface area contributed by atoms with E-state index >= 15 is 0 Å². The molecule has 3 rings (SSSR count). The van der Waals surface area contributed by atoms with Crippen molar-refractivity contribution >= 4 is 11.7 Å². The molecular formula is C22H28N2O4. The minimum atomic E-state index is -0.247. The molecule has 6 nitrogen and oxygen atoms in total. The molecule has 2 N–H and O–H groups in total. The standard InChI is InChI=1S/C22H28N2O4/c1-26-17-8-6-16(7-9-17)22(12-4-5-13-22)15-23-21(25)24-19-11-10-18(27-2)14-20(19)28-3/h6-11,14H,4-5,12-13,15H2,1-3H3,(H2,23,24,25). The van der Waals surface area contributed by atoms with E-state index in [0.29, 0.717) is 23.7 Å². The van der Waals surface area contributed by atoms with Gasteiger partial charge in [0.15, 0.2) is 0 Å². The normalized spacial score (nSPS) is 15.0. The van der Waals surface area contributed by atoms with Crippen molar-refractivity contribution in [2.75, 3.05) is 33.2 Å². The molecule has 2 amide bonds. The fraction of sp³-hybridized carbons (Fsp3) is 0.409. The zero-order valence-corrected chi connectivity index (χ0v) is 16.7. The fourth-order valence-corrected chi connectivity index (χ4v) is 3.88. The van der Waals surface area contributed by atoms with Crippen molar-refractivity contribution in [2.24, 2.45) is 0 Å². The molecule has 0 aliphatic heterocycles. The van der Waals surface area contributed by atoms with Crippen LogP contribution in [0, 0.1) is 0 Å². The van der Waals surface area contributed by atoms with Crippen LogP contribution in [-0.2, 0) is 5.41 Å². The molecule has 6 heteroatoms. The number of hydrogen-bond acceptors (Lipinski definition) is 4. The molecule has 0 bridgehead atoms. The Hall–Kier alpha value is -2.89. The van der Waals surface area contributed by atoms with Crippen LogP contribution in [0.4, 0.5) is 10.5 Å². The van der Waals surface area contributed by atoms with Crippen LogP contribution in [0.25, 0.3) is 0 Å². The first-order valence-electron chi connectivity index (χ1n) is 9.51. The molecule has 0 aromatic heterocycles. The average Bonchev–Trinajstić information content (AvgIpc) is 3.23. The lowest BCUT2D eigenvalue weighted by molar-refractivity contribution is 0.248. The minimum Gasteiger partial charge on any atom is -0.497 e. The van der Waals surface area contributed by atoms with Gasteiger partial charge < -0.3 is 24.8 Å². The summed E-state index contributed by atoms with van der Waals surface area (Å²) in [7, 11) is 4.82. The first kappa shape index (κ1) is 19.9. The predicted octanol–water partition coefficient (Wildman–Crippen LogP) is 4.35. The summed E-state index contributed by atoms with van der Waals surface area (Å²) in [5.74, 6) is 2.07. The van der Waals surface area contributed by atoms with E-state index < -0.39 is 0 Å². The van der Waals surface area contributed by atoms with Gasteiger partial charge in [-0.2, -0.15) is 0 Å². The third-order valence-electron chi connectivity index (χ3n) is 5.51. The Kier molecular flexibility index (Phi) is 6.29. The number of anilines is 1. The van der Waals surface area contributed by atoms with Crippen molar-refractivity contribution in [3.63, 3.8) is 0 Å². The topological polar surface area (TPSA) is 68.8 Å². The van der Waals surface area contributed by atoms with Crippen LogP contribution in [-0.4, -0.2) is 33.9 Å². The Morgan fingerprint density at radius 1 is 0.929 bits per heavy atom. The fourth-order valence-electron chi connectivity index (χ4n) is 3.88. The Bertz CT molecular complexity index is 799. The van der Waals surface area contributed by atoms with E-state index in [0.717, 1.165) is 18.6 Å². The second kappa shape index (κ2) is 8.87.